The van der Waals surface area contributed by atoms with Crippen LogP contribution in [0.5, 0.6) is 0 Å². The quantitative estimate of drug-likeness (QED) is 0.886. The van der Waals surface area contributed by atoms with Gasteiger partial charge in [0, 0.05) is 31.7 Å². The second-order valence-electron chi connectivity index (χ2n) is 7.09. The third-order valence-corrected chi connectivity index (χ3v) is 4.69. The number of rotatable bonds is 5. The van der Waals surface area contributed by atoms with E-state index in [1.165, 1.54) is 25.1 Å². The average Bonchev–Trinajstić information content (AvgIpc) is 2.43. The zero-order chi connectivity index (χ0) is 14.6. The molecule has 1 N–H and O–H groups in total. The molecule has 1 saturated heterocycles. The first-order valence-electron chi connectivity index (χ1n) is 8.01. The van der Waals surface area contributed by atoms with Crippen molar-refractivity contribution in [1.29, 1.82) is 0 Å². The lowest BCUT2D eigenvalue weighted by Gasteiger charge is -2.42. The van der Waals surface area contributed by atoms with Gasteiger partial charge in [-0.05, 0) is 30.7 Å². The van der Waals surface area contributed by atoms with Crippen LogP contribution in [0.25, 0.3) is 0 Å². The summed E-state index contributed by atoms with van der Waals surface area (Å²) in [6.45, 7) is 12.9. The molecule has 1 aliphatic heterocycles. The summed E-state index contributed by atoms with van der Waals surface area (Å²) in [7, 11) is 0. The molecule has 20 heavy (non-hydrogen) atoms. The molecule has 0 aromatic heterocycles. The van der Waals surface area contributed by atoms with Gasteiger partial charge in [-0.1, -0.05) is 51.1 Å². The summed E-state index contributed by atoms with van der Waals surface area (Å²) < 4.78 is 0. The summed E-state index contributed by atoms with van der Waals surface area (Å²) >= 11 is 0. The number of piperazine rings is 1. The monoisotopic (exact) mass is 274 g/mol. The predicted molar refractivity (Wildman–Crippen MR) is 87.0 cm³/mol. The van der Waals surface area contributed by atoms with Crippen LogP contribution in [-0.2, 0) is 6.42 Å². The van der Waals surface area contributed by atoms with Gasteiger partial charge in [-0.25, -0.2) is 0 Å². The minimum Gasteiger partial charge on any atom is -0.311 e. The normalized spacial score (nSPS) is 24.8. The SMILES string of the molecule is CCC(C)(C)CN1CC(Cc2ccccc2)NCC1C. The Balaban J connectivity index is 1.94. The van der Waals surface area contributed by atoms with Crippen LogP contribution in [0.2, 0.25) is 0 Å². The molecular formula is C18H30N2. The van der Waals surface area contributed by atoms with Crippen molar-refractivity contribution in [2.75, 3.05) is 19.6 Å². The van der Waals surface area contributed by atoms with Gasteiger partial charge >= 0.3 is 0 Å². The van der Waals surface area contributed by atoms with E-state index >= 15 is 0 Å². The lowest BCUT2D eigenvalue weighted by Crippen LogP contribution is -2.57. The van der Waals surface area contributed by atoms with Gasteiger partial charge in [-0.15, -0.1) is 0 Å². The van der Waals surface area contributed by atoms with Crippen LogP contribution in [0.3, 0.4) is 0 Å². The fourth-order valence-electron chi connectivity index (χ4n) is 2.91. The Kier molecular flexibility index (Phi) is 5.22. The lowest BCUT2D eigenvalue weighted by atomic mass is 9.88. The molecule has 0 saturated carbocycles. The van der Waals surface area contributed by atoms with E-state index in [-0.39, 0.29) is 0 Å². The standard InChI is InChI=1S/C18H30N2/c1-5-18(3,4)14-20-13-17(19-12-15(20)2)11-16-9-7-6-8-10-16/h6-10,15,17,19H,5,11-14H2,1-4H3. The van der Waals surface area contributed by atoms with Crippen LogP contribution in [0.15, 0.2) is 30.3 Å². The topological polar surface area (TPSA) is 15.3 Å². The highest BCUT2D eigenvalue weighted by Gasteiger charge is 2.29. The third kappa shape index (κ3) is 4.32. The fraction of sp³-hybridized carbons (Fsp3) is 0.667. The van der Waals surface area contributed by atoms with Crippen LogP contribution in [0.1, 0.15) is 39.7 Å². The molecule has 0 spiro atoms. The van der Waals surface area contributed by atoms with E-state index in [2.05, 4.69) is 68.2 Å². The molecular weight excluding hydrogens is 244 g/mol. The molecule has 1 aromatic carbocycles. The van der Waals surface area contributed by atoms with Gasteiger partial charge in [0.25, 0.3) is 0 Å². The number of hydrogen-bond donors (Lipinski definition) is 1. The Morgan fingerprint density at radius 1 is 1.25 bits per heavy atom. The molecule has 0 radical (unpaired) electrons. The van der Waals surface area contributed by atoms with E-state index in [0.29, 0.717) is 17.5 Å². The Labute approximate surface area is 124 Å². The first-order valence-corrected chi connectivity index (χ1v) is 8.01. The molecule has 0 amide bonds. The molecule has 2 atom stereocenters. The van der Waals surface area contributed by atoms with Crippen molar-refractivity contribution in [2.24, 2.45) is 5.41 Å². The number of nitrogens with one attached hydrogen (secondary N) is 1. The van der Waals surface area contributed by atoms with Crippen LogP contribution in [-0.4, -0.2) is 36.6 Å². The van der Waals surface area contributed by atoms with Gasteiger partial charge in [-0.2, -0.15) is 0 Å². The van der Waals surface area contributed by atoms with Gasteiger partial charge in [-0.3, -0.25) is 4.90 Å². The molecule has 0 aliphatic carbocycles. The second-order valence-corrected chi connectivity index (χ2v) is 7.09. The summed E-state index contributed by atoms with van der Waals surface area (Å²) in [4.78, 5) is 2.67. The molecule has 112 valence electrons. The maximum atomic E-state index is 3.71. The van der Waals surface area contributed by atoms with Crippen LogP contribution in [0, 0.1) is 5.41 Å². The average molecular weight is 274 g/mol. The highest BCUT2D eigenvalue weighted by molar-refractivity contribution is 5.16. The van der Waals surface area contributed by atoms with Crippen LogP contribution >= 0.6 is 0 Å². The van der Waals surface area contributed by atoms with Crippen molar-refractivity contribution in [1.82, 2.24) is 10.2 Å². The van der Waals surface area contributed by atoms with E-state index in [4.69, 9.17) is 0 Å². The van der Waals surface area contributed by atoms with Crippen molar-refractivity contribution >= 4 is 0 Å². The number of benzene rings is 1. The first kappa shape index (κ1) is 15.5. The molecule has 2 heteroatoms. The van der Waals surface area contributed by atoms with Crippen molar-refractivity contribution < 1.29 is 0 Å². The molecule has 2 unspecified atom stereocenters. The molecule has 1 fully saturated rings. The Hall–Kier alpha value is -0.860. The van der Waals surface area contributed by atoms with E-state index in [9.17, 15) is 0 Å². The lowest BCUT2D eigenvalue weighted by molar-refractivity contribution is 0.0906. The summed E-state index contributed by atoms with van der Waals surface area (Å²) in [6, 6.07) is 12.1. The summed E-state index contributed by atoms with van der Waals surface area (Å²) in [5, 5.41) is 3.71. The van der Waals surface area contributed by atoms with E-state index in [1.54, 1.807) is 0 Å². The maximum Gasteiger partial charge on any atom is 0.0236 e. The molecule has 2 nitrogen and oxygen atoms in total. The fourth-order valence-corrected chi connectivity index (χ4v) is 2.91. The third-order valence-electron chi connectivity index (χ3n) is 4.69. The molecule has 1 heterocycles. The smallest absolute Gasteiger partial charge is 0.0236 e. The van der Waals surface area contributed by atoms with Crippen LogP contribution in [0.4, 0.5) is 0 Å². The number of nitrogens with zero attached hydrogens (tertiary/aromatic N) is 1. The van der Waals surface area contributed by atoms with E-state index < -0.39 is 0 Å². The largest absolute Gasteiger partial charge is 0.311 e. The van der Waals surface area contributed by atoms with E-state index in [0.717, 1.165) is 13.0 Å². The van der Waals surface area contributed by atoms with Gasteiger partial charge in [0.1, 0.15) is 0 Å². The Morgan fingerprint density at radius 2 is 1.95 bits per heavy atom. The Morgan fingerprint density at radius 3 is 2.60 bits per heavy atom. The molecule has 1 aliphatic rings. The minimum absolute atomic E-state index is 0.420. The zero-order valence-electron chi connectivity index (χ0n) is 13.5. The van der Waals surface area contributed by atoms with Crippen molar-refractivity contribution in [3.05, 3.63) is 35.9 Å². The maximum absolute atomic E-state index is 3.71. The van der Waals surface area contributed by atoms with Crippen molar-refractivity contribution in [3.63, 3.8) is 0 Å². The van der Waals surface area contributed by atoms with Gasteiger partial charge < -0.3 is 5.32 Å². The number of hydrogen-bond acceptors (Lipinski definition) is 2. The van der Waals surface area contributed by atoms with Gasteiger partial charge in [0.2, 0.25) is 0 Å². The van der Waals surface area contributed by atoms with Crippen molar-refractivity contribution in [3.8, 4) is 0 Å². The Bertz CT molecular complexity index is 399. The van der Waals surface area contributed by atoms with Gasteiger partial charge in [0.05, 0.1) is 0 Å². The summed E-state index contributed by atoms with van der Waals surface area (Å²) in [6.07, 6.45) is 2.38. The minimum atomic E-state index is 0.420. The zero-order valence-corrected chi connectivity index (χ0v) is 13.5. The molecule has 1 aromatic rings. The van der Waals surface area contributed by atoms with Crippen LogP contribution < -0.4 is 5.32 Å². The summed E-state index contributed by atoms with van der Waals surface area (Å²) in [5.41, 5.74) is 1.86. The van der Waals surface area contributed by atoms with Gasteiger partial charge in [0.15, 0.2) is 0 Å². The van der Waals surface area contributed by atoms with E-state index in [1.807, 2.05) is 0 Å². The predicted octanol–water partition coefficient (Wildman–Crippen LogP) is 3.33. The van der Waals surface area contributed by atoms with Crippen molar-refractivity contribution in [2.45, 2.75) is 52.6 Å². The first-order chi connectivity index (χ1) is 9.50. The highest BCUT2D eigenvalue weighted by atomic mass is 15.2. The highest BCUT2D eigenvalue weighted by Crippen LogP contribution is 2.23. The molecule has 0 bridgehead atoms. The second kappa shape index (κ2) is 6.73. The summed E-state index contributed by atoms with van der Waals surface area (Å²) in [5.74, 6) is 0. The molecule has 2 rings (SSSR count).